The number of Topliss-reactive ketones (excluding diaryl/α,β-unsaturated/α-hetero) is 1. The molecule has 0 aromatic heterocycles. The van der Waals surface area contributed by atoms with Crippen LogP contribution in [0.5, 0.6) is 0 Å². The van der Waals surface area contributed by atoms with Gasteiger partial charge < -0.3 is 29.5 Å². The van der Waals surface area contributed by atoms with Gasteiger partial charge in [0.1, 0.15) is 12.4 Å². The molecule has 12 heteroatoms. The summed E-state index contributed by atoms with van der Waals surface area (Å²) >= 11 is 0. The lowest BCUT2D eigenvalue weighted by molar-refractivity contribution is -0.161. The van der Waals surface area contributed by atoms with Crippen LogP contribution in [-0.4, -0.2) is 69.2 Å². The van der Waals surface area contributed by atoms with E-state index in [9.17, 15) is 29.2 Å². The van der Waals surface area contributed by atoms with E-state index < -0.39 is 44.7 Å². The summed E-state index contributed by atoms with van der Waals surface area (Å²) in [5.41, 5.74) is 0. The first-order valence-electron chi connectivity index (χ1n) is 20.9. The average Bonchev–Trinajstić information content (AvgIpc) is 3.40. The van der Waals surface area contributed by atoms with Crippen molar-refractivity contribution in [2.75, 3.05) is 13.2 Å². The molecule has 4 N–H and O–H groups in total. The van der Waals surface area contributed by atoms with Crippen LogP contribution in [0.2, 0.25) is 0 Å². The molecule has 0 spiro atoms. The van der Waals surface area contributed by atoms with Crippen molar-refractivity contribution in [3.05, 3.63) is 36.5 Å². The normalized spacial score (nSPS) is 19.0. The van der Waals surface area contributed by atoms with Crippen LogP contribution in [-0.2, 0) is 32.9 Å². The van der Waals surface area contributed by atoms with E-state index >= 15 is 0 Å². The monoisotopic (exact) mass is 784 g/mol. The maximum absolute atomic E-state index is 12.5. The predicted molar refractivity (Wildman–Crippen MR) is 212 cm³/mol. The third-order valence-corrected chi connectivity index (χ3v) is 10.3. The van der Waals surface area contributed by atoms with Gasteiger partial charge in [0.05, 0.1) is 18.8 Å². The lowest BCUT2D eigenvalue weighted by Crippen LogP contribution is -2.29. The van der Waals surface area contributed by atoms with Gasteiger partial charge >= 0.3 is 19.8 Å². The van der Waals surface area contributed by atoms with E-state index in [4.69, 9.17) is 19.3 Å². The second-order valence-electron chi connectivity index (χ2n) is 14.7. The highest BCUT2D eigenvalue weighted by Gasteiger charge is 2.39. The molecule has 5 atom stereocenters. The minimum atomic E-state index is -4.82. The number of rotatable bonds is 34. The second-order valence-corrected chi connectivity index (χ2v) is 16.0. The molecule has 1 aliphatic carbocycles. The number of unbranched alkanes of at least 4 members (excludes halogenated alkanes) is 14. The molecular weight excluding hydrogens is 711 g/mol. The fourth-order valence-electron chi connectivity index (χ4n) is 6.59. The van der Waals surface area contributed by atoms with Crippen molar-refractivity contribution in [2.24, 2.45) is 11.8 Å². The molecule has 1 fully saturated rings. The van der Waals surface area contributed by atoms with Gasteiger partial charge in [0.15, 0.2) is 6.10 Å². The first kappa shape index (κ1) is 49.9. The molecule has 0 amide bonds. The molecule has 0 heterocycles. The molecule has 1 saturated carbocycles. The summed E-state index contributed by atoms with van der Waals surface area (Å²) in [5.74, 6) is -1.62. The van der Waals surface area contributed by atoms with Crippen molar-refractivity contribution in [3.8, 4) is 0 Å². The molecule has 0 bridgehead atoms. The Morgan fingerprint density at radius 3 is 2.00 bits per heavy atom. The van der Waals surface area contributed by atoms with Crippen LogP contribution < -0.4 is 0 Å². The Bertz CT molecular complexity index is 1130. The van der Waals surface area contributed by atoms with Crippen LogP contribution in [0.4, 0.5) is 0 Å². The maximum Gasteiger partial charge on any atom is 0.469 e. The van der Waals surface area contributed by atoms with Gasteiger partial charge in [0.25, 0.3) is 0 Å². The van der Waals surface area contributed by atoms with Crippen molar-refractivity contribution >= 4 is 25.5 Å². The summed E-state index contributed by atoms with van der Waals surface area (Å²) < 4.78 is 26.4. The second kappa shape index (κ2) is 32.0. The fraction of sp³-hybridized carbons (Fsp3) is 0.786. The third-order valence-electron chi connectivity index (χ3n) is 9.78. The molecule has 0 radical (unpaired) electrons. The Labute approximate surface area is 325 Å². The standard InChI is InChI=1S/C42H73O11P/c1-3-5-7-8-9-10-11-12-13-14-15-16-17-18-19-24-28-41(46)51-33-36(34-52-54(48,49)50)53-42(47)29-25-21-20-23-27-37-38(40(45)32-39(37)44)31-30-35(43)26-22-6-4-2/h9-10,12-13,30-31,35-38,40,43,45H,3-8,11,14-29,32-34H2,1-2H3,(H2,48,49,50)/b10-9-,13-12-,31-30+/t35-,36+,37+,38+,40+/m0/s1. The van der Waals surface area contributed by atoms with E-state index in [0.717, 1.165) is 77.0 Å². The van der Waals surface area contributed by atoms with Crippen molar-refractivity contribution in [1.29, 1.82) is 0 Å². The van der Waals surface area contributed by atoms with Crippen LogP contribution >= 0.6 is 7.82 Å². The number of carbonyl (C=O) groups is 3. The molecule has 54 heavy (non-hydrogen) atoms. The number of ether oxygens (including phenoxy) is 2. The molecule has 0 aromatic carbocycles. The van der Waals surface area contributed by atoms with Gasteiger partial charge in [-0.2, -0.15) is 0 Å². The summed E-state index contributed by atoms with van der Waals surface area (Å²) in [6, 6.07) is 0. The Hall–Kier alpha value is -2.14. The van der Waals surface area contributed by atoms with Gasteiger partial charge in [0, 0.05) is 31.1 Å². The van der Waals surface area contributed by atoms with Gasteiger partial charge in [-0.25, -0.2) is 4.57 Å². The molecule has 0 aliphatic heterocycles. The smallest absolute Gasteiger partial charge is 0.462 e. The maximum atomic E-state index is 12.5. The number of allylic oxidation sites excluding steroid dienone is 4. The average molecular weight is 785 g/mol. The van der Waals surface area contributed by atoms with Gasteiger partial charge in [-0.15, -0.1) is 0 Å². The highest BCUT2D eigenvalue weighted by molar-refractivity contribution is 7.46. The largest absolute Gasteiger partial charge is 0.469 e. The number of hydrogen-bond acceptors (Lipinski definition) is 9. The summed E-state index contributed by atoms with van der Waals surface area (Å²) in [6.07, 6.45) is 30.5. The molecule has 312 valence electrons. The predicted octanol–water partition coefficient (Wildman–Crippen LogP) is 9.16. The van der Waals surface area contributed by atoms with Crippen LogP contribution in [0.1, 0.15) is 168 Å². The van der Waals surface area contributed by atoms with E-state index in [2.05, 4.69) is 42.7 Å². The van der Waals surface area contributed by atoms with Crippen LogP contribution in [0.15, 0.2) is 36.5 Å². The van der Waals surface area contributed by atoms with Crippen LogP contribution in [0.25, 0.3) is 0 Å². The number of carbonyl (C=O) groups excluding carboxylic acids is 3. The molecule has 1 aliphatic rings. The first-order chi connectivity index (χ1) is 26.0. The molecule has 0 saturated heterocycles. The quantitative estimate of drug-likeness (QED) is 0.0212. The molecule has 11 nitrogen and oxygen atoms in total. The Morgan fingerprint density at radius 2 is 1.35 bits per heavy atom. The summed E-state index contributed by atoms with van der Waals surface area (Å²) in [7, 11) is -4.82. The number of aliphatic hydroxyl groups excluding tert-OH is 2. The molecule has 0 unspecified atom stereocenters. The molecule has 0 aromatic rings. The summed E-state index contributed by atoms with van der Waals surface area (Å²) in [6.45, 7) is 3.35. The van der Waals surface area contributed by atoms with Crippen LogP contribution in [0.3, 0.4) is 0 Å². The number of phosphoric acid groups is 1. The topological polar surface area (TPSA) is 177 Å². The van der Waals surface area contributed by atoms with Crippen molar-refractivity contribution < 1.29 is 52.9 Å². The van der Waals surface area contributed by atoms with Crippen molar-refractivity contribution in [3.63, 3.8) is 0 Å². The van der Waals surface area contributed by atoms with Crippen LogP contribution in [0, 0.1) is 11.8 Å². The van der Waals surface area contributed by atoms with Crippen molar-refractivity contribution in [2.45, 2.75) is 186 Å². The van der Waals surface area contributed by atoms with E-state index in [0.29, 0.717) is 32.1 Å². The van der Waals surface area contributed by atoms with Gasteiger partial charge in [-0.3, -0.25) is 18.9 Å². The number of ketones is 1. The SMILES string of the molecule is CCCCC/C=C\C/C=C\CCCCCCCCC(=O)OC[C@H](COP(=O)(O)O)OC(=O)CCCCCC[C@H]1C(=O)C[C@@H](O)[C@@H]1/C=C/[C@@H](O)CCCCC. The lowest BCUT2D eigenvalue weighted by atomic mass is 9.88. The lowest BCUT2D eigenvalue weighted by Gasteiger charge is -2.19. The van der Waals surface area contributed by atoms with Gasteiger partial charge in [-0.1, -0.05) is 127 Å². The number of phosphoric ester groups is 1. The Kier molecular flexibility index (Phi) is 29.6. The number of hydrogen-bond donors (Lipinski definition) is 4. The fourth-order valence-corrected chi connectivity index (χ4v) is 6.95. The molecular formula is C42H73O11P. The number of aliphatic hydroxyl groups is 2. The van der Waals surface area contributed by atoms with E-state index in [-0.39, 0.29) is 43.5 Å². The van der Waals surface area contributed by atoms with E-state index in [1.807, 2.05) is 0 Å². The zero-order valence-corrected chi connectivity index (χ0v) is 34.2. The summed E-state index contributed by atoms with van der Waals surface area (Å²) in [4.78, 5) is 55.6. The highest BCUT2D eigenvalue weighted by Crippen LogP contribution is 2.36. The zero-order chi connectivity index (χ0) is 39.9. The highest BCUT2D eigenvalue weighted by atomic mass is 31.2. The van der Waals surface area contributed by atoms with E-state index in [1.54, 1.807) is 12.2 Å². The molecule has 1 rings (SSSR count). The van der Waals surface area contributed by atoms with Crippen molar-refractivity contribution in [1.82, 2.24) is 0 Å². The van der Waals surface area contributed by atoms with E-state index in [1.165, 1.54) is 25.7 Å². The zero-order valence-electron chi connectivity index (χ0n) is 33.3. The minimum Gasteiger partial charge on any atom is -0.462 e. The summed E-state index contributed by atoms with van der Waals surface area (Å²) in [5, 5.41) is 20.6. The Balaban J connectivity index is 2.27. The van der Waals surface area contributed by atoms with Gasteiger partial charge in [0.2, 0.25) is 0 Å². The first-order valence-corrected chi connectivity index (χ1v) is 22.4. The Morgan fingerprint density at radius 1 is 0.778 bits per heavy atom. The minimum absolute atomic E-state index is 0.0343. The number of esters is 2. The third kappa shape index (κ3) is 27.4. The van der Waals surface area contributed by atoms with Gasteiger partial charge in [-0.05, 0) is 57.8 Å².